The molecule has 0 saturated heterocycles. The van der Waals surface area contributed by atoms with Gasteiger partial charge in [-0.05, 0) is 34.3 Å². The monoisotopic (exact) mass is 274 g/mol. The summed E-state index contributed by atoms with van der Waals surface area (Å²) in [6.07, 6.45) is 1.52. The average molecular weight is 274 g/mol. The maximum atomic E-state index is 9.07. The number of nitrogens with zero attached hydrogens (tertiary/aromatic N) is 2. The zero-order chi connectivity index (χ0) is 15.2. The molecule has 5 heteroatoms. The van der Waals surface area contributed by atoms with Gasteiger partial charge in [-0.25, -0.2) is 0 Å². The maximum absolute atomic E-state index is 9.07. The summed E-state index contributed by atoms with van der Waals surface area (Å²) >= 11 is 0. The van der Waals surface area contributed by atoms with Gasteiger partial charge in [0.1, 0.15) is 17.7 Å². The third kappa shape index (κ3) is 3.58. The number of hydrogen-bond donors (Lipinski definition) is 2. The van der Waals surface area contributed by atoms with E-state index < -0.39 is 7.12 Å². The van der Waals surface area contributed by atoms with Gasteiger partial charge in [-0.1, -0.05) is 42.5 Å². The van der Waals surface area contributed by atoms with Crippen molar-refractivity contribution in [1.82, 2.24) is 0 Å². The molecular weight excluding hydrogens is 263 g/mol. The lowest BCUT2D eigenvalue weighted by atomic mass is 9.80. The van der Waals surface area contributed by atoms with Gasteiger partial charge in [0.15, 0.2) is 0 Å². The summed E-state index contributed by atoms with van der Waals surface area (Å²) in [5, 5.41) is 35.7. The predicted molar refractivity (Wildman–Crippen MR) is 80.9 cm³/mol. The molecule has 100 valence electrons. The Balaban J connectivity index is 2.36. The molecule has 0 aliphatic carbocycles. The third-order valence-corrected chi connectivity index (χ3v) is 2.98. The van der Waals surface area contributed by atoms with Crippen LogP contribution >= 0.6 is 0 Å². The molecule has 0 amide bonds. The van der Waals surface area contributed by atoms with Crippen LogP contribution < -0.4 is 5.46 Å². The van der Waals surface area contributed by atoms with Crippen LogP contribution in [0.1, 0.15) is 5.56 Å². The van der Waals surface area contributed by atoms with Crippen LogP contribution in [0.5, 0.6) is 0 Å². The van der Waals surface area contributed by atoms with Gasteiger partial charge in [0.2, 0.25) is 0 Å². The largest absolute Gasteiger partial charge is 0.488 e. The van der Waals surface area contributed by atoms with Crippen LogP contribution in [-0.4, -0.2) is 17.2 Å². The number of hydrogen-bond acceptors (Lipinski definition) is 4. The first kappa shape index (κ1) is 14.6. The van der Waals surface area contributed by atoms with Crippen molar-refractivity contribution < 1.29 is 10.0 Å². The predicted octanol–water partition coefficient (Wildman–Crippen LogP) is 1.46. The van der Waals surface area contributed by atoms with E-state index >= 15 is 0 Å². The lowest BCUT2D eigenvalue weighted by Crippen LogP contribution is -2.29. The molecule has 2 aromatic carbocycles. The van der Waals surface area contributed by atoms with Crippen LogP contribution in [0, 0.1) is 22.7 Å². The molecule has 0 aromatic heterocycles. The summed E-state index contributed by atoms with van der Waals surface area (Å²) in [4.78, 5) is 0. The molecule has 0 spiro atoms. The Labute approximate surface area is 123 Å². The van der Waals surface area contributed by atoms with Crippen LogP contribution in [0.15, 0.2) is 54.1 Å². The van der Waals surface area contributed by atoms with Crippen molar-refractivity contribution in [2.24, 2.45) is 0 Å². The number of allylic oxidation sites excluding steroid dienone is 1. The van der Waals surface area contributed by atoms with Gasteiger partial charge < -0.3 is 10.0 Å². The van der Waals surface area contributed by atoms with Crippen molar-refractivity contribution in [2.45, 2.75) is 0 Å². The van der Waals surface area contributed by atoms with Gasteiger partial charge in [-0.3, -0.25) is 0 Å². The van der Waals surface area contributed by atoms with E-state index in [-0.39, 0.29) is 5.57 Å². The standard InChI is InChI=1S/C16H11BN2O2/c18-10-13(11-19)8-12-2-1-3-15(9-12)14-4-6-16(7-5-14)17(20)21/h1-9,20-21H. The minimum atomic E-state index is -1.48. The molecule has 0 radical (unpaired) electrons. The number of rotatable bonds is 3. The molecule has 0 saturated carbocycles. The van der Waals surface area contributed by atoms with E-state index in [1.165, 1.54) is 6.08 Å². The van der Waals surface area contributed by atoms with E-state index in [0.717, 1.165) is 16.7 Å². The smallest absolute Gasteiger partial charge is 0.423 e. The minimum Gasteiger partial charge on any atom is -0.423 e. The van der Waals surface area contributed by atoms with Gasteiger partial charge in [0.05, 0.1) is 0 Å². The Morgan fingerprint density at radius 1 is 0.952 bits per heavy atom. The lowest BCUT2D eigenvalue weighted by molar-refractivity contribution is 0.426. The first-order valence-electron chi connectivity index (χ1n) is 6.22. The van der Waals surface area contributed by atoms with Crippen molar-refractivity contribution in [1.29, 1.82) is 10.5 Å². The highest BCUT2D eigenvalue weighted by Gasteiger charge is 2.10. The van der Waals surface area contributed by atoms with Crippen LogP contribution in [0.4, 0.5) is 0 Å². The second-order valence-electron chi connectivity index (χ2n) is 4.40. The quantitative estimate of drug-likeness (QED) is 0.655. The summed E-state index contributed by atoms with van der Waals surface area (Å²) in [7, 11) is -1.48. The van der Waals surface area contributed by atoms with Crippen LogP contribution in [-0.2, 0) is 0 Å². The van der Waals surface area contributed by atoms with Gasteiger partial charge >= 0.3 is 7.12 Å². The highest BCUT2D eigenvalue weighted by molar-refractivity contribution is 6.58. The van der Waals surface area contributed by atoms with E-state index in [0.29, 0.717) is 5.46 Å². The second kappa shape index (κ2) is 6.54. The SMILES string of the molecule is N#CC(C#N)=Cc1cccc(-c2ccc(B(O)O)cc2)c1. The maximum Gasteiger partial charge on any atom is 0.488 e. The first-order valence-corrected chi connectivity index (χ1v) is 6.22. The fourth-order valence-corrected chi connectivity index (χ4v) is 1.91. The molecule has 0 unspecified atom stereocenters. The second-order valence-corrected chi connectivity index (χ2v) is 4.40. The first-order chi connectivity index (χ1) is 10.1. The summed E-state index contributed by atoms with van der Waals surface area (Å²) in [5.74, 6) is 0. The Hall–Kier alpha value is -2.86. The van der Waals surface area contributed by atoms with Crippen molar-refractivity contribution in [3.05, 3.63) is 59.7 Å². The number of benzene rings is 2. The highest BCUT2D eigenvalue weighted by Crippen LogP contribution is 2.20. The molecule has 0 aliphatic rings. The molecule has 21 heavy (non-hydrogen) atoms. The Bertz CT molecular complexity index is 737. The molecule has 0 aliphatic heterocycles. The summed E-state index contributed by atoms with van der Waals surface area (Å²) in [6.45, 7) is 0. The molecular formula is C16H11BN2O2. The van der Waals surface area contributed by atoms with Gasteiger partial charge in [0.25, 0.3) is 0 Å². The lowest BCUT2D eigenvalue weighted by Gasteiger charge is -2.05. The molecule has 4 nitrogen and oxygen atoms in total. The van der Waals surface area contributed by atoms with Gasteiger partial charge in [-0.15, -0.1) is 0 Å². The number of nitriles is 2. The van der Waals surface area contributed by atoms with Crippen LogP contribution in [0.2, 0.25) is 0 Å². The van der Waals surface area contributed by atoms with E-state index in [1.54, 1.807) is 24.3 Å². The van der Waals surface area contributed by atoms with E-state index in [9.17, 15) is 0 Å². The van der Waals surface area contributed by atoms with Crippen molar-refractivity contribution in [3.63, 3.8) is 0 Å². The van der Waals surface area contributed by atoms with Gasteiger partial charge in [0, 0.05) is 0 Å². The van der Waals surface area contributed by atoms with E-state index in [4.69, 9.17) is 20.6 Å². The van der Waals surface area contributed by atoms with Crippen LogP contribution in [0.25, 0.3) is 17.2 Å². The normalized spacial score (nSPS) is 9.33. The molecule has 2 rings (SSSR count). The molecule has 0 bridgehead atoms. The molecule has 0 atom stereocenters. The molecule has 0 heterocycles. The third-order valence-electron chi connectivity index (χ3n) is 2.98. The summed E-state index contributed by atoms with van der Waals surface area (Å²) in [6, 6.07) is 17.9. The van der Waals surface area contributed by atoms with E-state index in [2.05, 4.69) is 0 Å². The fourth-order valence-electron chi connectivity index (χ4n) is 1.91. The zero-order valence-corrected chi connectivity index (χ0v) is 11.1. The molecule has 2 N–H and O–H groups in total. The summed E-state index contributed by atoms with van der Waals surface area (Å²) in [5.41, 5.74) is 3.05. The average Bonchev–Trinajstić information content (AvgIpc) is 2.53. The zero-order valence-electron chi connectivity index (χ0n) is 11.1. The highest BCUT2D eigenvalue weighted by atomic mass is 16.4. The van der Waals surface area contributed by atoms with Crippen LogP contribution in [0.3, 0.4) is 0 Å². The van der Waals surface area contributed by atoms with Crippen molar-refractivity contribution in [3.8, 4) is 23.3 Å². The molecule has 0 fully saturated rings. The van der Waals surface area contributed by atoms with Crippen molar-refractivity contribution in [2.75, 3.05) is 0 Å². The molecule has 2 aromatic rings. The fraction of sp³-hybridized carbons (Fsp3) is 0. The van der Waals surface area contributed by atoms with Gasteiger partial charge in [-0.2, -0.15) is 10.5 Å². The Morgan fingerprint density at radius 2 is 1.62 bits per heavy atom. The minimum absolute atomic E-state index is 0.0471. The van der Waals surface area contributed by atoms with Crippen molar-refractivity contribution >= 4 is 18.7 Å². The Morgan fingerprint density at radius 3 is 2.19 bits per heavy atom. The Kier molecular flexibility index (Phi) is 4.53. The topological polar surface area (TPSA) is 88.0 Å². The summed E-state index contributed by atoms with van der Waals surface area (Å²) < 4.78 is 0. The van der Waals surface area contributed by atoms with E-state index in [1.807, 2.05) is 36.4 Å².